The van der Waals surface area contributed by atoms with Gasteiger partial charge in [0, 0.05) is 41.0 Å². The maximum atomic E-state index is 13.8. The van der Waals surface area contributed by atoms with E-state index in [0.717, 1.165) is 33.3 Å². The smallest absolute Gasteiger partial charge is 0.303 e. The summed E-state index contributed by atoms with van der Waals surface area (Å²) in [5.41, 5.74) is 0.400. The van der Waals surface area contributed by atoms with Gasteiger partial charge in [-0.15, -0.1) is 0 Å². The number of hydrogen-bond donors (Lipinski definition) is 1. The highest BCUT2D eigenvalue weighted by molar-refractivity contribution is 5.90. The second-order valence-electron chi connectivity index (χ2n) is 10.9. The van der Waals surface area contributed by atoms with E-state index in [9.17, 15) is 33.6 Å². The maximum Gasteiger partial charge on any atom is 0.303 e. The molecule has 1 aromatic carbocycles. The molecule has 2 amide bonds. The molecule has 45 heavy (non-hydrogen) atoms. The molecule has 0 aromatic heterocycles. The normalized spacial score (nSPS) is 18.5. The van der Waals surface area contributed by atoms with Crippen LogP contribution in [-0.4, -0.2) is 78.7 Å². The first-order valence-electron chi connectivity index (χ1n) is 14.8. The number of likely N-dealkylation sites (tertiary alicyclic amines) is 1. The van der Waals surface area contributed by atoms with Gasteiger partial charge in [0.15, 0.2) is 24.4 Å². The fraction of sp³-hybridized carbons (Fsp3) is 0.562. The van der Waals surface area contributed by atoms with Crippen LogP contribution in [0.25, 0.3) is 0 Å². The van der Waals surface area contributed by atoms with Crippen molar-refractivity contribution in [2.45, 2.75) is 97.3 Å². The lowest BCUT2D eigenvalue weighted by molar-refractivity contribution is -0.192. The lowest BCUT2D eigenvalue weighted by Gasteiger charge is -2.34. The Bertz CT molecular complexity index is 1290. The number of esters is 3. The molecular weight excluding hydrogens is 589 g/mol. The second-order valence-corrected chi connectivity index (χ2v) is 10.9. The monoisotopic (exact) mass is 631 g/mol. The molecule has 1 N–H and O–H groups in total. The van der Waals surface area contributed by atoms with Crippen LogP contribution in [0.1, 0.15) is 71.4 Å². The van der Waals surface area contributed by atoms with Crippen LogP contribution in [0.5, 0.6) is 0 Å². The molecule has 0 aliphatic carbocycles. The predicted molar refractivity (Wildman–Crippen MR) is 158 cm³/mol. The number of nitriles is 1. The van der Waals surface area contributed by atoms with Crippen LogP contribution in [0, 0.1) is 23.1 Å². The van der Waals surface area contributed by atoms with Crippen LogP contribution in [0.4, 0.5) is 4.39 Å². The molecule has 1 aromatic rings. The fourth-order valence-corrected chi connectivity index (χ4v) is 4.87. The number of nitrogens with one attached hydrogen (secondary N) is 1. The van der Waals surface area contributed by atoms with E-state index >= 15 is 0 Å². The van der Waals surface area contributed by atoms with Gasteiger partial charge in [0.05, 0.1) is 5.56 Å². The molecule has 6 atom stereocenters. The summed E-state index contributed by atoms with van der Waals surface area (Å²) in [5.74, 6) is -4.18. The van der Waals surface area contributed by atoms with Crippen molar-refractivity contribution in [3.63, 3.8) is 0 Å². The van der Waals surface area contributed by atoms with Crippen LogP contribution < -0.4 is 5.32 Å². The van der Waals surface area contributed by atoms with Crippen molar-refractivity contribution < 1.29 is 47.3 Å². The van der Waals surface area contributed by atoms with Gasteiger partial charge < -0.3 is 29.2 Å². The SMILES string of the molecule is CCC(C)C=C[C@@H](OC(C)=O)[C@H](OC(C)=O)[C@@H](OC(C)=O)[C@@H](OC)C(=O)N[C@H]1CCCCN(Cc2ccc(F)c(C#N)c2)C1=O. The third-order valence-corrected chi connectivity index (χ3v) is 7.26. The highest BCUT2D eigenvalue weighted by Gasteiger charge is 2.45. The van der Waals surface area contributed by atoms with Crippen molar-refractivity contribution in [2.75, 3.05) is 13.7 Å². The zero-order chi connectivity index (χ0) is 33.7. The molecule has 13 heteroatoms. The average molecular weight is 632 g/mol. The summed E-state index contributed by atoms with van der Waals surface area (Å²) in [7, 11) is 1.18. The van der Waals surface area contributed by atoms with E-state index in [1.54, 1.807) is 12.1 Å². The number of halogens is 1. The van der Waals surface area contributed by atoms with Crippen molar-refractivity contribution in [1.29, 1.82) is 5.26 Å². The van der Waals surface area contributed by atoms with Gasteiger partial charge in [-0.1, -0.05) is 32.4 Å². The number of methoxy groups -OCH3 is 1. The Morgan fingerprint density at radius 3 is 2.29 bits per heavy atom. The number of rotatable bonds is 14. The van der Waals surface area contributed by atoms with Gasteiger partial charge in [-0.2, -0.15) is 5.26 Å². The Labute approximate surface area is 262 Å². The van der Waals surface area contributed by atoms with Crippen molar-refractivity contribution >= 4 is 29.7 Å². The molecule has 1 unspecified atom stereocenters. The van der Waals surface area contributed by atoms with Crippen LogP contribution in [-0.2, 0) is 49.5 Å². The number of amides is 2. The number of carbonyl (C=O) groups excluding carboxylic acids is 5. The second kappa shape index (κ2) is 17.9. The Hall–Kier alpha value is -4.31. The molecule has 1 heterocycles. The number of nitrogens with zero attached hydrogens (tertiary/aromatic N) is 2. The quantitative estimate of drug-likeness (QED) is 0.184. The van der Waals surface area contributed by atoms with E-state index in [-0.39, 0.29) is 18.0 Å². The summed E-state index contributed by atoms with van der Waals surface area (Å²) < 4.78 is 35.7. The van der Waals surface area contributed by atoms with Gasteiger partial charge >= 0.3 is 17.9 Å². The molecule has 1 aliphatic rings. The standard InChI is InChI=1S/C32H42FN3O9/c1-7-19(2)11-14-27(43-20(3)37)28(44-21(4)38)29(45-22(5)39)30(42-6)31(40)35-26-10-8-9-15-36(32(26)41)18-23-12-13-25(33)24(16-23)17-34/h11-14,16,19,26-30H,7-10,15,18H2,1-6H3,(H,35,40)/t19?,26-,27+,28-,29+,30+/m0/s1. The minimum atomic E-state index is -1.59. The highest BCUT2D eigenvalue weighted by Crippen LogP contribution is 2.23. The lowest BCUT2D eigenvalue weighted by Crippen LogP contribution is -2.58. The summed E-state index contributed by atoms with van der Waals surface area (Å²) in [6, 6.07) is 4.80. The molecule has 1 saturated heterocycles. The average Bonchev–Trinajstić information content (AvgIpc) is 3.14. The third kappa shape index (κ3) is 11.3. The van der Waals surface area contributed by atoms with Gasteiger partial charge in [-0.3, -0.25) is 24.0 Å². The Balaban J connectivity index is 2.40. The van der Waals surface area contributed by atoms with Gasteiger partial charge in [0.25, 0.3) is 5.91 Å². The largest absolute Gasteiger partial charge is 0.455 e. The minimum absolute atomic E-state index is 0.0559. The minimum Gasteiger partial charge on any atom is -0.455 e. The molecule has 0 spiro atoms. The van der Waals surface area contributed by atoms with Crippen LogP contribution >= 0.6 is 0 Å². The number of benzene rings is 1. The zero-order valence-electron chi connectivity index (χ0n) is 26.5. The summed E-state index contributed by atoms with van der Waals surface area (Å²) in [4.78, 5) is 65.2. The summed E-state index contributed by atoms with van der Waals surface area (Å²) >= 11 is 0. The Morgan fingerprint density at radius 1 is 1.07 bits per heavy atom. The molecule has 246 valence electrons. The van der Waals surface area contributed by atoms with Gasteiger partial charge in [-0.25, -0.2) is 4.39 Å². The van der Waals surface area contributed by atoms with Crippen molar-refractivity contribution in [3.05, 3.63) is 47.3 Å². The number of allylic oxidation sites excluding steroid dienone is 1. The molecular formula is C32H42FN3O9. The molecule has 2 rings (SSSR count). The summed E-state index contributed by atoms with van der Waals surface area (Å²) in [5, 5.41) is 11.9. The van der Waals surface area contributed by atoms with Gasteiger partial charge in [0.1, 0.15) is 17.9 Å². The molecule has 0 saturated carbocycles. The molecule has 1 fully saturated rings. The molecule has 12 nitrogen and oxygen atoms in total. The van der Waals surface area contributed by atoms with Crippen LogP contribution in [0.2, 0.25) is 0 Å². The van der Waals surface area contributed by atoms with E-state index in [4.69, 9.17) is 18.9 Å². The molecule has 0 radical (unpaired) electrons. The first-order chi connectivity index (χ1) is 21.3. The maximum absolute atomic E-state index is 13.8. The van der Waals surface area contributed by atoms with Crippen molar-refractivity contribution in [2.24, 2.45) is 5.92 Å². The van der Waals surface area contributed by atoms with E-state index in [0.29, 0.717) is 31.4 Å². The first-order valence-corrected chi connectivity index (χ1v) is 14.8. The predicted octanol–water partition coefficient (Wildman–Crippen LogP) is 3.11. The lowest BCUT2D eigenvalue weighted by atomic mass is 9.98. The summed E-state index contributed by atoms with van der Waals surface area (Å²) in [6.07, 6.45) is -0.378. The van der Waals surface area contributed by atoms with E-state index in [1.165, 1.54) is 30.2 Å². The Kier molecular flexibility index (Phi) is 14.6. The summed E-state index contributed by atoms with van der Waals surface area (Å²) in [6.45, 7) is 7.70. The van der Waals surface area contributed by atoms with Crippen molar-refractivity contribution in [3.8, 4) is 6.07 Å². The topological polar surface area (TPSA) is 161 Å². The Morgan fingerprint density at radius 2 is 1.71 bits per heavy atom. The number of hydrogen-bond acceptors (Lipinski definition) is 10. The fourth-order valence-electron chi connectivity index (χ4n) is 4.87. The van der Waals surface area contributed by atoms with Crippen LogP contribution in [0.15, 0.2) is 30.4 Å². The third-order valence-electron chi connectivity index (χ3n) is 7.26. The van der Waals surface area contributed by atoms with Gasteiger partial charge in [-0.05, 0) is 49.0 Å². The van der Waals surface area contributed by atoms with E-state index < -0.39 is 66.0 Å². The zero-order valence-corrected chi connectivity index (χ0v) is 26.5. The first kappa shape index (κ1) is 36.9. The number of ether oxygens (including phenoxy) is 4. The van der Waals surface area contributed by atoms with E-state index in [2.05, 4.69) is 5.32 Å². The highest BCUT2D eigenvalue weighted by atomic mass is 19.1. The number of carbonyl (C=O) groups is 5. The van der Waals surface area contributed by atoms with Crippen LogP contribution in [0.3, 0.4) is 0 Å². The van der Waals surface area contributed by atoms with Crippen molar-refractivity contribution in [1.82, 2.24) is 10.2 Å². The van der Waals surface area contributed by atoms with E-state index in [1.807, 2.05) is 13.8 Å². The molecule has 1 aliphatic heterocycles. The molecule has 0 bridgehead atoms. The van der Waals surface area contributed by atoms with Gasteiger partial charge in [0.2, 0.25) is 5.91 Å².